The van der Waals surface area contributed by atoms with E-state index in [1.807, 2.05) is 32.0 Å². The Hall–Kier alpha value is -1.88. The summed E-state index contributed by atoms with van der Waals surface area (Å²) < 4.78 is 4.80. The highest BCUT2D eigenvalue weighted by molar-refractivity contribution is 6.03. The largest absolute Gasteiger partial charge is 0.383 e. The lowest BCUT2D eigenvalue weighted by Crippen LogP contribution is -2.30. The average molecular weight is 264 g/mol. The minimum Gasteiger partial charge on any atom is -0.383 e. The van der Waals surface area contributed by atoms with Crippen LogP contribution in [0.15, 0.2) is 18.2 Å². The molecule has 104 valence electrons. The van der Waals surface area contributed by atoms with Gasteiger partial charge in [-0.15, -0.1) is 0 Å². The quantitative estimate of drug-likeness (QED) is 0.603. The van der Waals surface area contributed by atoms with Crippen LogP contribution in [-0.2, 0) is 14.3 Å². The van der Waals surface area contributed by atoms with Gasteiger partial charge in [0.25, 0.3) is 0 Å². The van der Waals surface area contributed by atoms with Crippen molar-refractivity contribution in [3.8, 4) is 0 Å². The van der Waals surface area contributed by atoms with E-state index in [1.54, 1.807) is 7.11 Å². The lowest BCUT2D eigenvalue weighted by Gasteiger charge is -2.08. The van der Waals surface area contributed by atoms with E-state index in [9.17, 15) is 9.59 Å². The molecule has 0 aliphatic carbocycles. The Morgan fingerprint density at radius 3 is 2.53 bits per heavy atom. The first-order valence-electron chi connectivity index (χ1n) is 6.15. The highest BCUT2D eigenvalue weighted by atomic mass is 16.5. The van der Waals surface area contributed by atoms with E-state index in [0.717, 1.165) is 11.1 Å². The molecule has 0 radical (unpaired) electrons. The number of nitrogens with one attached hydrogen (secondary N) is 2. The molecular weight excluding hydrogens is 244 g/mol. The van der Waals surface area contributed by atoms with Crippen LogP contribution in [0.1, 0.15) is 17.5 Å². The van der Waals surface area contributed by atoms with Crippen molar-refractivity contribution in [1.82, 2.24) is 5.32 Å². The van der Waals surface area contributed by atoms with Gasteiger partial charge in [0.2, 0.25) is 11.8 Å². The van der Waals surface area contributed by atoms with Crippen molar-refractivity contribution in [2.24, 2.45) is 0 Å². The molecule has 1 aromatic carbocycles. The van der Waals surface area contributed by atoms with Crippen LogP contribution in [0.25, 0.3) is 0 Å². The molecule has 0 saturated heterocycles. The van der Waals surface area contributed by atoms with Crippen LogP contribution < -0.4 is 10.6 Å². The number of hydrogen-bond acceptors (Lipinski definition) is 3. The smallest absolute Gasteiger partial charge is 0.233 e. The number of aryl methyl sites for hydroxylation is 2. The second-order valence-electron chi connectivity index (χ2n) is 4.37. The minimum atomic E-state index is -0.321. The molecule has 0 aromatic heterocycles. The number of anilines is 1. The van der Waals surface area contributed by atoms with Crippen molar-refractivity contribution < 1.29 is 14.3 Å². The van der Waals surface area contributed by atoms with E-state index in [0.29, 0.717) is 18.8 Å². The van der Waals surface area contributed by atoms with Gasteiger partial charge in [-0.25, -0.2) is 0 Å². The second-order valence-corrected chi connectivity index (χ2v) is 4.37. The number of rotatable bonds is 6. The molecule has 0 atom stereocenters. The molecule has 0 saturated carbocycles. The predicted octanol–water partition coefficient (Wildman–Crippen LogP) is 1.39. The second kappa shape index (κ2) is 7.53. The topological polar surface area (TPSA) is 67.4 Å². The molecule has 5 nitrogen and oxygen atoms in total. The van der Waals surface area contributed by atoms with Crippen LogP contribution in [0.3, 0.4) is 0 Å². The maximum Gasteiger partial charge on any atom is 0.233 e. The van der Waals surface area contributed by atoms with Gasteiger partial charge in [0.15, 0.2) is 0 Å². The predicted molar refractivity (Wildman–Crippen MR) is 74.0 cm³/mol. The molecule has 1 rings (SSSR count). The molecule has 5 heteroatoms. The molecule has 0 aliphatic heterocycles. The number of hydrogen-bond donors (Lipinski definition) is 2. The molecular formula is C14H20N2O3. The zero-order valence-electron chi connectivity index (χ0n) is 11.6. The van der Waals surface area contributed by atoms with Gasteiger partial charge in [-0.3, -0.25) is 9.59 Å². The molecule has 1 aromatic rings. The van der Waals surface area contributed by atoms with Gasteiger partial charge in [-0.2, -0.15) is 0 Å². The maximum absolute atomic E-state index is 11.6. The van der Waals surface area contributed by atoms with Gasteiger partial charge >= 0.3 is 0 Å². The molecule has 0 bridgehead atoms. The van der Waals surface area contributed by atoms with Crippen LogP contribution in [-0.4, -0.2) is 32.1 Å². The normalized spacial score (nSPS) is 10.1. The molecule has 0 unspecified atom stereocenters. The first-order valence-corrected chi connectivity index (χ1v) is 6.15. The molecule has 0 fully saturated rings. The summed E-state index contributed by atoms with van der Waals surface area (Å²) in [5, 5.41) is 5.30. The van der Waals surface area contributed by atoms with Crippen molar-refractivity contribution in [2.75, 3.05) is 25.6 Å². The Morgan fingerprint density at radius 1 is 1.16 bits per heavy atom. The zero-order chi connectivity index (χ0) is 14.3. The fraction of sp³-hybridized carbons (Fsp3) is 0.429. The summed E-state index contributed by atoms with van der Waals surface area (Å²) in [4.78, 5) is 23.1. The summed E-state index contributed by atoms with van der Waals surface area (Å²) in [6.07, 6.45) is -0.184. The van der Waals surface area contributed by atoms with Crippen LogP contribution >= 0.6 is 0 Å². The Morgan fingerprint density at radius 2 is 1.89 bits per heavy atom. The van der Waals surface area contributed by atoms with Crippen LogP contribution in [0.4, 0.5) is 5.69 Å². The number of benzene rings is 1. The van der Waals surface area contributed by atoms with E-state index in [2.05, 4.69) is 10.6 Å². The third kappa shape index (κ3) is 5.52. The molecule has 19 heavy (non-hydrogen) atoms. The fourth-order valence-corrected chi connectivity index (χ4v) is 1.53. The molecule has 0 heterocycles. The number of methoxy groups -OCH3 is 1. The van der Waals surface area contributed by atoms with Gasteiger partial charge in [0.05, 0.1) is 6.61 Å². The maximum atomic E-state index is 11.6. The van der Waals surface area contributed by atoms with Gasteiger partial charge in [-0.05, 0) is 37.1 Å². The van der Waals surface area contributed by atoms with Gasteiger partial charge in [-0.1, -0.05) is 6.07 Å². The van der Waals surface area contributed by atoms with Crippen molar-refractivity contribution in [3.63, 3.8) is 0 Å². The standard InChI is InChI=1S/C14H20N2O3/c1-10-4-5-12(8-11(10)2)16-14(18)9-13(17)15-6-7-19-3/h4-5,8H,6-7,9H2,1-3H3,(H,15,17)(H,16,18). The van der Waals surface area contributed by atoms with Crippen LogP contribution in [0.5, 0.6) is 0 Å². The summed E-state index contributed by atoms with van der Waals surface area (Å²) in [6.45, 7) is 4.82. The van der Waals surface area contributed by atoms with Crippen molar-refractivity contribution in [1.29, 1.82) is 0 Å². The fourth-order valence-electron chi connectivity index (χ4n) is 1.53. The number of ether oxygens (including phenoxy) is 1. The SMILES string of the molecule is COCCNC(=O)CC(=O)Nc1ccc(C)c(C)c1. The van der Waals surface area contributed by atoms with E-state index in [-0.39, 0.29) is 18.2 Å². The molecule has 0 spiro atoms. The molecule has 2 amide bonds. The lowest BCUT2D eigenvalue weighted by atomic mass is 10.1. The monoisotopic (exact) mass is 264 g/mol. The Kier molecular flexibility index (Phi) is 6.02. The third-order valence-electron chi connectivity index (χ3n) is 2.74. The Bertz CT molecular complexity index is 458. The summed E-state index contributed by atoms with van der Waals surface area (Å²) in [5.41, 5.74) is 2.97. The highest BCUT2D eigenvalue weighted by Gasteiger charge is 2.09. The van der Waals surface area contributed by atoms with E-state index < -0.39 is 0 Å². The summed E-state index contributed by atoms with van der Waals surface area (Å²) in [7, 11) is 1.55. The van der Waals surface area contributed by atoms with Gasteiger partial charge in [0.1, 0.15) is 6.42 Å². The van der Waals surface area contributed by atoms with Crippen LogP contribution in [0, 0.1) is 13.8 Å². The summed E-state index contributed by atoms with van der Waals surface area (Å²) in [5.74, 6) is -0.628. The van der Waals surface area contributed by atoms with E-state index in [4.69, 9.17) is 4.74 Å². The number of amides is 2. The Balaban J connectivity index is 2.42. The van der Waals surface area contributed by atoms with E-state index in [1.165, 1.54) is 0 Å². The van der Waals surface area contributed by atoms with Crippen molar-refractivity contribution in [3.05, 3.63) is 29.3 Å². The first-order chi connectivity index (χ1) is 9.02. The number of carbonyl (C=O) groups is 2. The van der Waals surface area contributed by atoms with Gasteiger partial charge < -0.3 is 15.4 Å². The molecule has 2 N–H and O–H groups in total. The Labute approximate surface area is 113 Å². The van der Waals surface area contributed by atoms with Crippen LogP contribution in [0.2, 0.25) is 0 Å². The highest BCUT2D eigenvalue weighted by Crippen LogP contribution is 2.14. The lowest BCUT2D eigenvalue weighted by molar-refractivity contribution is -0.126. The van der Waals surface area contributed by atoms with E-state index >= 15 is 0 Å². The zero-order valence-corrected chi connectivity index (χ0v) is 11.6. The third-order valence-corrected chi connectivity index (χ3v) is 2.74. The molecule has 0 aliphatic rings. The first kappa shape index (κ1) is 15.2. The van der Waals surface area contributed by atoms with Crippen molar-refractivity contribution >= 4 is 17.5 Å². The average Bonchev–Trinajstić information content (AvgIpc) is 2.34. The summed E-state index contributed by atoms with van der Waals surface area (Å²) >= 11 is 0. The van der Waals surface area contributed by atoms with Crippen molar-refractivity contribution in [2.45, 2.75) is 20.3 Å². The summed E-state index contributed by atoms with van der Waals surface area (Å²) in [6, 6.07) is 5.64. The van der Waals surface area contributed by atoms with Gasteiger partial charge in [0, 0.05) is 19.3 Å². The minimum absolute atomic E-state index is 0.184. The number of carbonyl (C=O) groups excluding carboxylic acids is 2.